The Morgan fingerprint density at radius 2 is 1.86 bits per heavy atom. The van der Waals surface area contributed by atoms with Gasteiger partial charge in [0.25, 0.3) is 0 Å². The lowest BCUT2D eigenvalue weighted by Crippen LogP contribution is -2.19. The first-order chi connectivity index (χ1) is 10.0. The van der Waals surface area contributed by atoms with Crippen LogP contribution in [-0.2, 0) is 11.2 Å². The lowest BCUT2D eigenvalue weighted by molar-refractivity contribution is -0.120. The summed E-state index contributed by atoms with van der Waals surface area (Å²) in [4.78, 5) is 11.6. The molecule has 0 heterocycles. The molecule has 2 aromatic carbocycles. The second kappa shape index (κ2) is 7.20. The molecular formula is C15H11Cl2FN2O. The number of nitrogens with zero attached hydrogens (tertiary/aromatic N) is 1. The number of carbonyl (C=O) groups excluding carboxylic acids is 1. The first-order valence-corrected chi connectivity index (χ1v) is 6.81. The molecule has 3 nitrogen and oxygen atoms in total. The Kier molecular flexibility index (Phi) is 5.31. The van der Waals surface area contributed by atoms with E-state index in [2.05, 4.69) is 10.5 Å². The summed E-state index contributed by atoms with van der Waals surface area (Å²) in [6.07, 6.45) is 1.59. The molecule has 0 saturated carbocycles. The second-order valence-electron chi connectivity index (χ2n) is 4.27. The van der Waals surface area contributed by atoms with E-state index in [1.807, 2.05) is 0 Å². The van der Waals surface area contributed by atoms with E-state index in [1.54, 1.807) is 30.3 Å². The normalized spacial score (nSPS) is 10.8. The fraction of sp³-hybridized carbons (Fsp3) is 0.0667. The van der Waals surface area contributed by atoms with Gasteiger partial charge in [0.15, 0.2) is 0 Å². The van der Waals surface area contributed by atoms with Crippen molar-refractivity contribution in [2.45, 2.75) is 6.42 Å². The van der Waals surface area contributed by atoms with Crippen molar-refractivity contribution in [3.8, 4) is 0 Å². The predicted octanol–water partition coefficient (Wildman–Crippen LogP) is 3.83. The lowest BCUT2D eigenvalue weighted by atomic mass is 10.1. The SMILES string of the molecule is O=C(Cc1ccc(F)cc1)N/N=C/c1ccc(Cl)c(Cl)c1. The highest BCUT2D eigenvalue weighted by Crippen LogP contribution is 2.21. The zero-order chi connectivity index (χ0) is 15.2. The van der Waals surface area contributed by atoms with Crippen LogP contribution >= 0.6 is 23.2 Å². The quantitative estimate of drug-likeness (QED) is 0.674. The first kappa shape index (κ1) is 15.5. The third kappa shape index (κ3) is 4.85. The van der Waals surface area contributed by atoms with Crippen LogP contribution in [0.3, 0.4) is 0 Å². The van der Waals surface area contributed by atoms with Crippen LogP contribution in [0, 0.1) is 5.82 Å². The van der Waals surface area contributed by atoms with E-state index in [9.17, 15) is 9.18 Å². The van der Waals surface area contributed by atoms with E-state index < -0.39 is 0 Å². The van der Waals surface area contributed by atoms with Crippen molar-refractivity contribution in [2.75, 3.05) is 0 Å². The van der Waals surface area contributed by atoms with Crippen LogP contribution < -0.4 is 5.43 Å². The minimum atomic E-state index is -0.336. The Balaban J connectivity index is 1.89. The maximum Gasteiger partial charge on any atom is 0.244 e. The molecule has 0 atom stereocenters. The van der Waals surface area contributed by atoms with Crippen LogP contribution in [0.5, 0.6) is 0 Å². The molecule has 0 radical (unpaired) electrons. The summed E-state index contributed by atoms with van der Waals surface area (Å²) in [6.45, 7) is 0. The van der Waals surface area contributed by atoms with Gasteiger partial charge in [-0.05, 0) is 35.4 Å². The number of hydrogen-bond acceptors (Lipinski definition) is 2. The molecule has 0 aliphatic heterocycles. The topological polar surface area (TPSA) is 41.5 Å². The number of carbonyl (C=O) groups is 1. The van der Waals surface area contributed by atoms with E-state index in [0.717, 1.165) is 0 Å². The zero-order valence-corrected chi connectivity index (χ0v) is 12.3. The van der Waals surface area contributed by atoms with Crippen LogP contribution in [0.2, 0.25) is 10.0 Å². The molecule has 0 saturated heterocycles. The summed E-state index contributed by atoms with van der Waals surface area (Å²) in [5.74, 6) is -0.630. The van der Waals surface area contributed by atoms with Crippen molar-refractivity contribution in [1.82, 2.24) is 5.43 Å². The number of benzene rings is 2. The van der Waals surface area contributed by atoms with Gasteiger partial charge in [-0.25, -0.2) is 9.82 Å². The molecule has 2 rings (SSSR count). The summed E-state index contributed by atoms with van der Waals surface area (Å²) in [7, 11) is 0. The fourth-order valence-electron chi connectivity index (χ4n) is 1.60. The average molecular weight is 325 g/mol. The highest BCUT2D eigenvalue weighted by atomic mass is 35.5. The van der Waals surface area contributed by atoms with Crippen LogP contribution in [0.25, 0.3) is 0 Å². The average Bonchev–Trinajstić information content (AvgIpc) is 2.45. The second-order valence-corrected chi connectivity index (χ2v) is 5.08. The van der Waals surface area contributed by atoms with E-state index in [-0.39, 0.29) is 18.1 Å². The number of amides is 1. The molecule has 2 aromatic rings. The minimum Gasteiger partial charge on any atom is -0.273 e. The first-order valence-electron chi connectivity index (χ1n) is 6.06. The van der Waals surface area contributed by atoms with Crippen LogP contribution in [0.4, 0.5) is 4.39 Å². The zero-order valence-electron chi connectivity index (χ0n) is 10.8. The summed E-state index contributed by atoms with van der Waals surface area (Å²) in [6, 6.07) is 10.7. The highest BCUT2D eigenvalue weighted by molar-refractivity contribution is 6.42. The summed E-state index contributed by atoms with van der Waals surface area (Å²) in [5.41, 5.74) is 3.81. The maximum absolute atomic E-state index is 12.7. The third-order valence-corrected chi connectivity index (χ3v) is 3.36. The van der Waals surface area contributed by atoms with Gasteiger partial charge in [-0.3, -0.25) is 4.79 Å². The molecule has 21 heavy (non-hydrogen) atoms. The number of halogens is 3. The van der Waals surface area contributed by atoms with E-state index in [0.29, 0.717) is 21.2 Å². The van der Waals surface area contributed by atoms with E-state index >= 15 is 0 Å². The Labute approximate surface area is 131 Å². The molecule has 1 N–H and O–H groups in total. The van der Waals surface area contributed by atoms with Crippen molar-refractivity contribution in [3.05, 3.63) is 69.5 Å². The molecule has 108 valence electrons. The van der Waals surface area contributed by atoms with E-state index in [4.69, 9.17) is 23.2 Å². The molecule has 0 aliphatic rings. The largest absolute Gasteiger partial charge is 0.273 e. The van der Waals surface area contributed by atoms with Crippen molar-refractivity contribution in [3.63, 3.8) is 0 Å². The lowest BCUT2D eigenvalue weighted by Gasteiger charge is -2.01. The summed E-state index contributed by atoms with van der Waals surface area (Å²) < 4.78 is 12.7. The molecule has 0 aromatic heterocycles. The number of rotatable bonds is 4. The Morgan fingerprint density at radius 3 is 2.52 bits per heavy atom. The van der Waals surface area contributed by atoms with Gasteiger partial charge in [0.1, 0.15) is 5.82 Å². The van der Waals surface area contributed by atoms with Crippen molar-refractivity contribution in [1.29, 1.82) is 0 Å². The van der Waals surface area contributed by atoms with Crippen molar-refractivity contribution >= 4 is 35.3 Å². The van der Waals surface area contributed by atoms with Gasteiger partial charge in [-0.1, -0.05) is 41.4 Å². The Morgan fingerprint density at radius 1 is 1.14 bits per heavy atom. The van der Waals surface area contributed by atoms with Crippen LogP contribution in [0.15, 0.2) is 47.6 Å². The molecule has 0 aliphatic carbocycles. The number of hydrogen-bond donors (Lipinski definition) is 1. The molecule has 6 heteroatoms. The monoisotopic (exact) mass is 324 g/mol. The van der Waals surface area contributed by atoms with Gasteiger partial charge in [-0.2, -0.15) is 5.10 Å². The maximum atomic E-state index is 12.7. The number of nitrogens with one attached hydrogen (secondary N) is 1. The van der Waals surface area contributed by atoms with E-state index in [1.165, 1.54) is 18.3 Å². The minimum absolute atomic E-state index is 0.124. The molecular weight excluding hydrogens is 314 g/mol. The van der Waals surface area contributed by atoms with Gasteiger partial charge >= 0.3 is 0 Å². The van der Waals surface area contributed by atoms with Crippen molar-refractivity contribution < 1.29 is 9.18 Å². The molecule has 0 bridgehead atoms. The van der Waals surface area contributed by atoms with Crippen LogP contribution in [0.1, 0.15) is 11.1 Å². The molecule has 0 spiro atoms. The Bertz CT molecular complexity index is 672. The van der Waals surface area contributed by atoms with Crippen molar-refractivity contribution in [2.24, 2.45) is 5.10 Å². The fourth-order valence-corrected chi connectivity index (χ4v) is 1.91. The van der Waals surface area contributed by atoms with Gasteiger partial charge in [0, 0.05) is 0 Å². The van der Waals surface area contributed by atoms with Gasteiger partial charge in [0.05, 0.1) is 22.7 Å². The standard InChI is InChI=1S/C15H11Cl2FN2O/c16-13-6-3-11(7-14(13)17)9-19-20-15(21)8-10-1-4-12(18)5-2-10/h1-7,9H,8H2,(H,20,21)/b19-9+. The number of hydrazone groups is 1. The summed E-state index contributed by atoms with van der Waals surface area (Å²) in [5, 5.41) is 4.69. The molecule has 1 amide bonds. The predicted molar refractivity (Wildman–Crippen MR) is 82.3 cm³/mol. The third-order valence-electron chi connectivity index (χ3n) is 2.62. The molecule has 0 unspecified atom stereocenters. The molecule has 0 fully saturated rings. The Hall–Kier alpha value is -1.91. The van der Waals surface area contributed by atoms with Crippen LogP contribution in [-0.4, -0.2) is 12.1 Å². The van der Waals surface area contributed by atoms with Gasteiger partial charge < -0.3 is 0 Å². The van der Waals surface area contributed by atoms with Gasteiger partial charge in [-0.15, -0.1) is 0 Å². The van der Waals surface area contributed by atoms with Gasteiger partial charge in [0.2, 0.25) is 5.91 Å². The highest BCUT2D eigenvalue weighted by Gasteiger charge is 2.02. The summed E-state index contributed by atoms with van der Waals surface area (Å²) >= 11 is 11.7. The smallest absolute Gasteiger partial charge is 0.244 e.